The molecular formula is C21H27N5S. The van der Waals surface area contributed by atoms with Crippen molar-refractivity contribution in [3.05, 3.63) is 47.1 Å². The monoisotopic (exact) mass is 381 g/mol. The molecule has 0 saturated carbocycles. The summed E-state index contributed by atoms with van der Waals surface area (Å²) in [6.07, 6.45) is 7.22. The van der Waals surface area contributed by atoms with Gasteiger partial charge in [0.05, 0.1) is 18.1 Å². The van der Waals surface area contributed by atoms with E-state index < -0.39 is 0 Å². The second kappa shape index (κ2) is 8.42. The Morgan fingerprint density at radius 2 is 1.96 bits per heavy atom. The summed E-state index contributed by atoms with van der Waals surface area (Å²) in [5, 5.41) is 0. The van der Waals surface area contributed by atoms with Crippen LogP contribution < -0.4 is 4.90 Å². The summed E-state index contributed by atoms with van der Waals surface area (Å²) in [4.78, 5) is 17.9. The summed E-state index contributed by atoms with van der Waals surface area (Å²) < 4.78 is 0. The third kappa shape index (κ3) is 4.69. The number of hydrogen-bond acceptors (Lipinski definition) is 6. The maximum Gasteiger partial charge on any atom is 0.147 e. The molecule has 0 spiro atoms. The van der Waals surface area contributed by atoms with E-state index in [1.807, 2.05) is 24.2 Å². The quantitative estimate of drug-likeness (QED) is 0.812. The first-order chi connectivity index (χ1) is 13.2. The van der Waals surface area contributed by atoms with Crippen molar-refractivity contribution in [2.24, 2.45) is 0 Å². The molecule has 2 fully saturated rings. The molecule has 27 heavy (non-hydrogen) atoms. The summed E-state index contributed by atoms with van der Waals surface area (Å²) in [6.45, 7) is 5.30. The number of nitrogens with zero attached hydrogens (tertiary/aromatic N) is 5. The highest BCUT2D eigenvalue weighted by molar-refractivity contribution is 8.03. The Morgan fingerprint density at radius 3 is 2.81 bits per heavy atom. The molecule has 5 nitrogen and oxygen atoms in total. The van der Waals surface area contributed by atoms with Gasteiger partial charge in [0.2, 0.25) is 0 Å². The SMILES string of the molecule is CN1CCCN(c2cncc(-c3cccc(C=C4CN(C)CS4)c3)n2)CC1. The third-order valence-electron chi connectivity index (χ3n) is 5.07. The Kier molecular flexibility index (Phi) is 5.76. The fraction of sp³-hybridized carbons (Fsp3) is 0.429. The fourth-order valence-electron chi connectivity index (χ4n) is 3.53. The summed E-state index contributed by atoms with van der Waals surface area (Å²) in [5.41, 5.74) is 3.30. The molecule has 2 aliphatic heterocycles. The van der Waals surface area contributed by atoms with Crippen molar-refractivity contribution in [3.63, 3.8) is 0 Å². The average Bonchev–Trinajstić information content (AvgIpc) is 2.96. The lowest BCUT2D eigenvalue weighted by Gasteiger charge is -2.21. The summed E-state index contributed by atoms with van der Waals surface area (Å²) in [7, 11) is 4.35. The first-order valence-electron chi connectivity index (χ1n) is 9.55. The largest absolute Gasteiger partial charge is 0.354 e. The number of hydrogen-bond donors (Lipinski definition) is 0. The van der Waals surface area contributed by atoms with E-state index in [4.69, 9.17) is 4.98 Å². The van der Waals surface area contributed by atoms with E-state index in [0.717, 1.165) is 62.1 Å². The van der Waals surface area contributed by atoms with Gasteiger partial charge in [0.15, 0.2) is 0 Å². The Labute approximate surface area is 166 Å². The molecule has 1 aromatic carbocycles. The highest BCUT2D eigenvalue weighted by Gasteiger charge is 2.15. The van der Waals surface area contributed by atoms with Gasteiger partial charge < -0.3 is 9.80 Å². The molecule has 2 saturated heterocycles. The molecule has 0 N–H and O–H groups in total. The summed E-state index contributed by atoms with van der Waals surface area (Å²) >= 11 is 1.92. The van der Waals surface area contributed by atoms with Gasteiger partial charge in [-0.3, -0.25) is 9.88 Å². The van der Waals surface area contributed by atoms with Crippen LogP contribution in [-0.4, -0.2) is 72.5 Å². The van der Waals surface area contributed by atoms with Crippen molar-refractivity contribution >= 4 is 23.7 Å². The standard InChI is InChI=1S/C21H27N5S/c1-24-7-4-8-26(10-9-24)21-14-22-13-20(23-21)18-6-3-5-17(11-18)12-19-15-25(2)16-27-19/h3,5-6,11-14H,4,7-10,15-16H2,1-2H3. The van der Waals surface area contributed by atoms with E-state index in [1.54, 1.807) is 0 Å². The van der Waals surface area contributed by atoms with Crippen LogP contribution in [0.2, 0.25) is 0 Å². The zero-order valence-corrected chi connectivity index (χ0v) is 17.0. The van der Waals surface area contributed by atoms with Crippen LogP contribution in [0.15, 0.2) is 41.6 Å². The van der Waals surface area contributed by atoms with Gasteiger partial charge in [-0.25, -0.2) is 4.98 Å². The molecule has 2 aliphatic rings. The number of aromatic nitrogens is 2. The van der Waals surface area contributed by atoms with Gasteiger partial charge in [-0.2, -0.15) is 0 Å². The number of likely N-dealkylation sites (N-methyl/N-ethyl adjacent to an activating group) is 2. The van der Waals surface area contributed by atoms with E-state index in [2.05, 4.69) is 64.1 Å². The van der Waals surface area contributed by atoms with Gasteiger partial charge in [0.25, 0.3) is 0 Å². The average molecular weight is 382 g/mol. The van der Waals surface area contributed by atoms with Crippen molar-refractivity contribution in [2.45, 2.75) is 6.42 Å². The maximum atomic E-state index is 4.93. The molecule has 0 unspecified atom stereocenters. The Bertz CT molecular complexity index is 822. The second-order valence-electron chi connectivity index (χ2n) is 7.43. The van der Waals surface area contributed by atoms with Gasteiger partial charge in [0, 0.05) is 42.5 Å². The van der Waals surface area contributed by atoms with Crippen molar-refractivity contribution < 1.29 is 0 Å². The molecular weight excluding hydrogens is 354 g/mol. The minimum atomic E-state index is 0.946. The molecule has 0 amide bonds. The summed E-state index contributed by atoms with van der Waals surface area (Å²) in [6, 6.07) is 8.62. The third-order valence-corrected chi connectivity index (χ3v) is 6.26. The zero-order valence-electron chi connectivity index (χ0n) is 16.1. The van der Waals surface area contributed by atoms with Gasteiger partial charge in [0.1, 0.15) is 5.82 Å². The van der Waals surface area contributed by atoms with Crippen LogP contribution in [-0.2, 0) is 0 Å². The van der Waals surface area contributed by atoms with Crippen LogP contribution in [0.3, 0.4) is 0 Å². The van der Waals surface area contributed by atoms with Crippen LogP contribution in [0.1, 0.15) is 12.0 Å². The van der Waals surface area contributed by atoms with Crippen LogP contribution in [0, 0.1) is 0 Å². The predicted molar refractivity (Wildman–Crippen MR) is 115 cm³/mol. The molecule has 0 bridgehead atoms. The van der Waals surface area contributed by atoms with Gasteiger partial charge in [-0.05, 0) is 44.8 Å². The molecule has 0 atom stereocenters. The van der Waals surface area contributed by atoms with Crippen LogP contribution in [0.5, 0.6) is 0 Å². The Morgan fingerprint density at radius 1 is 1.04 bits per heavy atom. The minimum Gasteiger partial charge on any atom is -0.354 e. The Balaban J connectivity index is 1.56. The smallest absolute Gasteiger partial charge is 0.147 e. The van der Waals surface area contributed by atoms with Crippen molar-refractivity contribution in [1.29, 1.82) is 0 Å². The number of thioether (sulfide) groups is 1. The predicted octanol–water partition coefficient (Wildman–Crippen LogP) is 3.26. The van der Waals surface area contributed by atoms with Crippen molar-refractivity contribution in [1.82, 2.24) is 19.8 Å². The van der Waals surface area contributed by atoms with E-state index in [-0.39, 0.29) is 0 Å². The van der Waals surface area contributed by atoms with E-state index >= 15 is 0 Å². The molecule has 6 heteroatoms. The molecule has 2 aromatic rings. The van der Waals surface area contributed by atoms with Gasteiger partial charge in [-0.1, -0.05) is 18.2 Å². The minimum absolute atomic E-state index is 0.946. The van der Waals surface area contributed by atoms with Gasteiger partial charge in [-0.15, -0.1) is 11.8 Å². The van der Waals surface area contributed by atoms with Crippen LogP contribution >= 0.6 is 11.8 Å². The second-order valence-corrected chi connectivity index (χ2v) is 8.50. The van der Waals surface area contributed by atoms with Crippen LogP contribution in [0.25, 0.3) is 17.3 Å². The maximum absolute atomic E-state index is 4.93. The molecule has 0 radical (unpaired) electrons. The lowest BCUT2D eigenvalue weighted by molar-refractivity contribution is 0.360. The molecule has 0 aliphatic carbocycles. The van der Waals surface area contributed by atoms with Gasteiger partial charge >= 0.3 is 0 Å². The normalized spacial score (nSPS) is 21.0. The zero-order chi connectivity index (χ0) is 18.6. The fourth-order valence-corrected chi connectivity index (χ4v) is 4.54. The van der Waals surface area contributed by atoms with Crippen molar-refractivity contribution in [2.75, 3.05) is 57.6 Å². The molecule has 1 aromatic heterocycles. The summed E-state index contributed by atoms with van der Waals surface area (Å²) in [5.74, 6) is 2.06. The highest BCUT2D eigenvalue weighted by Crippen LogP contribution is 2.28. The van der Waals surface area contributed by atoms with Crippen molar-refractivity contribution in [3.8, 4) is 11.3 Å². The lowest BCUT2D eigenvalue weighted by atomic mass is 10.1. The van der Waals surface area contributed by atoms with E-state index in [0.29, 0.717) is 0 Å². The molecule has 142 valence electrons. The van der Waals surface area contributed by atoms with Crippen LogP contribution in [0.4, 0.5) is 5.82 Å². The molecule has 4 rings (SSSR count). The van der Waals surface area contributed by atoms with E-state index in [9.17, 15) is 0 Å². The first kappa shape index (κ1) is 18.5. The lowest BCUT2D eigenvalue weighted by Crippen LogP contribution is -2.29. The Hall–Kier alpha value is -1.89. The number of benzene rings is 1. The first-order valence-corrected chi connectivity index (χ1v) is 10.5. The highest BCUT2D eigenvalue weighted by atomic mass is 32.2. The number of rotatable bonds is 3. The topological polar surface area (TPSA) is 35.5 Å². The number of anilines is 1. The van der Waals surface area contributed by atoms with E-state index in [1.165, 1.54) is 10.5 Å². The molecule has 3 heterocycles.